The third-order valence-corrected chi connectivity index (χ3v) is 6.29. The maximum Gasteiger partial charge on any atom is 0.197 e. The van der Waals surface area contributed by atoms with E-state index >= 15 is 0 Å². The summed E-state index contributed by atoms with van der Waals surface area (Å²) in [5.74, 6) is 1.62. The molecule has 0 radical (unpaired) electrons. The van der Waals surface area contributed by atoms with Crippen LogP contribution in [-0.4, -0.2) is 36.5 Å². The number of nitriles is 1. The van der Waals surface area contributed by atoms with Crippen molar-refractivity contribution in [1.29, 1.82) is 5.26 Å². The van der Waals surface area contributed by atoms with E-state index in [1.54, 1.807) is 6.26 Å². The van der Waals surface area contributed by atoms with E-state index < -0.39 is 0 Å². The molecule has 2 aliphatic heterocycles. The van der Waals surface area contributed by atoms with Gasteiger partial charge in [0.2, 0.25) is 0 Å². The first-order valence-corrected chi connectivity index (χ1v) is 11.4. The molecule has 0 bridgehead atoms. The smallest absolute Gasteiger partial charge is 0.197 e. The summed E-state index contributed by atoms with van der Waals surface area (Å²) in [5, 5.41) is 12.7. The molecule has 6 heteroatoms. The van der Waals surface area contributed by atoms with Gasteiger partial charge >= 0.3 is 0 Å². The lowest BCUT2D eigenvalue weighted by Gasteiger charge is -2.33. The minimum absolute atomic E-state index is 0.266. The van der Waals surface area contributed by atoms with Crippen molar-refractivity contribution in [2.75, 3.05) is 29.9 Å². The number of nitrogens with zero attached hydrogens (tertiary/aromatic N) is 4. The largest absolute Gasteiger partial charge is 0.469 e. The van der Waals surface area contributed by atoms with Crippen LogP contribution < -0.4 is 10.2 Å². The van der Waals surface area contributed by atoms with Crippen LogP contribution in [-0.2, 0) is 0 Å². The van der Waals surface area contributed by atoms with Gasteiger partial charge in [-0.05, 0) is 60.9 Å². The highest BCUT2D eigenvalue weighted by molar-refractivity contribution is 6.09. The second-order valence-corrected chi connectivity index (χ2v) is 8.37. The molecule has 0 saturated carbocycles. The number of rotatable bonds is 6. The number of furan rings is 1. The highest BCUT2D eigenvalue weighted by Crippen LogP contribution is 2.31. The summed E-state index contributed by atoms with van der Waals surface area (Å²) >= 11 is 0. The molecule has 1 N–H and O–H groups in total. The van der Waals surface area contributed by atoms with Gasteiger partial charge in [-0.25, -0.2) is 4.99 Å². The van der Waals surface area contributed by atoms with Crippen molar-refractivity contribution in [1.82, 2.24) is 4.90 Å². The Bertz CT molecular complexity index is 1140. The van der Waals surface area contributed by atoms with Gasteiger partial charge in [0.15, 0.2) is 6.29 Å². The molecule has 1 atom stereocenters. The molecule has 1 unspecified atom stereocenters. The van der Waals surface area contributed by atoms with Crippen LogP contribution in [0.15, 0.2) is 94.7 Å². The number of aliphatic imine (C=N–C) groups is 1. The number of nitrogens with one attached hydrogen (secondary N) is 1. The topological polar surface area (TPSA) is 67.8 Å². The first kappa shape index (κ1) is 20.9. The summed E-state index contributed by atoms with van der Waals surface area (Å²) in [6.07, 6.45) is 7.53. The third-order valence-electron chi connectivity index (χ3n) is 6.29. The minimum atomic E-state index is -0.334. The van der Waals surface area contributed by atoms with Gasteiger partial charge in [0.1, 0.15) is 12.3 Å². The number of hydrogen-bond acceptors (Lipinski definition) is 6. The third kappa shape index (κ3) is 4.78. The van der Waals surface area contributed by atoms with Crippen LogP contribution in [0.4, 0.5) is 11.4 Å². The quantitative estimate of drug-likeness (QED) is 0.537. The predicted molar refractivity (Wildman–Crippen MR) is 131 cm³/mol. The van der Waals surface area contributed by atoms with Gasteiger partial charge in [-0.3, -0.25) is 0 Å². The van der Waals surface area contributed by atoms with E-state index in [0.29, 0.717) is 5.92 Å². The van der Waals surface area contributed by atoms with E-state index in [-0.39, 0.29) is 12.8 Å². The van der Waals surface area contributed by atoms with Gasteiger partial charge in [0.25, 0.3) is 0 Å². The molecule has 1 fully saturated rings. The maximum atomic E-state index is 9.23. The second-order valence-electron chi connectivity index (χ2n) is 8.37. The fraction of sp³-hybridized carbons (Fsp3) is 0.259. The van der Waals surface area contributed by atoms with Crippen LogP contribution in [0.25, 0.3) is 0 Å². The summed E-state index contributed by atoms with van der Waals surface area (Å²) in [4.78, 5) is 9.20. The van der Waals surface area contributed by atoms with Gasteiger partial charge in [-0.1, -0.05) is 30.3 Å². The van der Waals surface area contributed by atoms with Crippen LogP contribution in [0, 0.1) is 11.3 Å². The molecule has 6 nitrogen and oxygen atoms in total. The van der Waals surface area contributed by atoms with E-state index in [0.717, 1.165) is 48.7 Å². The Kier molecular flexibility index (Phi) is 6.12. The number of benzene rings is 2. The summed E-state index contributed by atoms with van der Waals surface area (Å²) in [5.41, 5.74) is 4.16. The fourth-order valence-electron chi connectivity index (χ4n) is 4.48. The Balaban J connectivity index is 1.25. The lowest BCUT2D eigenvalue weighted by atomic mass is 9.94. The van der Waals surface area contributed by atoms with Crippen LogP contribution in [0.1, 0.15) is 30.1 Å². The molecule has 1 aromatic heterocycles. The number of hydrogen-bond donors (Lipinski definition) is 1. The van der Waals surface area contributed by atoms with Crippen molar-refractivity contribution in [3.05, 3.63) is 96.6 Å². The average Bonchev–Trinajstić information content (AvgIpc) is 3.42. The molecule has 0 spiro atoms. The lowest BCUT2D eigenvalue weighted by molar-refractivity contribution is 0.339. The van der Waals surface area contributed by atoms with Crippen molar-refractivity contribution in [2.24, 2.45) is 4.99 Å². The minimum Gasteiger partial charge on any atom is -0.469 e. The first-order valence-electron chi connectivity index (χ1n) is 11.4. The number of piperidine rings is 1. The molecular weight excluding hydrogens is 410 g/mol. The average molecular weight is 438 g/mol. The summed E-state index contributed by atoms with van der Waals surface area (Å²) in [7, 11) is 0. The summed E-state index contributed by atoms with van der Waals surface area (Å²) in [6.45, 7) is 2.31. The summed E-state index contributed by atoms with van der Waals surface area (Å²) in [6, 6.07) is 24.9. The van der Waals surface area contributed by atoms with Gasteiger partial charge in [-0.15, -0.1) is 0 Å². The Morgan fingerprint density at radius 3 is 2.48 bits per heavy atom. The Labute approximate surface area is 194 Å². The number of allylic oxidation sites excluding steroid dienone is 1. The van der Waals surface area contributed by atoms with E-state index in [4.69, 9.17) is 9.41 Å². The zero-order valence-corrected chi connectivity index (χ0v) is 18.5. The highest BCUT2D eigenvalue weighted by atomic mass is 16.3. The molecule has 2 aliphatic rings. The molecule has 3 aromatic rings. The molecule has 1 saturated heterocycles. The van der Waals surface area contributed by atoms with Crippen LogP contribution in [0.3, 0.4) is 0 Å². The van der Waals surface area contributed by atoms with Crippen molar-refractivity contribution in [3.63, 3.8) is 0 Å². The van der Waals surface area contributed by atoms with Crippen LogP contribution in [0.5, 0.6) is 0 Å². The van der Waals surface area contributed by atoms with Crippen molar-refractivity contribution in [2.45, 2.75) is 25.0 Å². The highest BCUT2D eigenvalue weighted by Gasteiger charge is 2.23. The Morgan fingerprint density at radius 2 is 1.79 bits per heavy atom. The molecule has 3 heterocycles. The monoisotopic (exact) mass is 437 g/mol. The zero-order chi connectivity index (χ0) is 22.5. The Hall–Kier alpha value is -3.98. The predicted octanol–water partition coefficient (Wildman–Crippen LogP) is 5.20. The molecule has 0 aliphatic carbocycles. The van der Waals surface area contributed by atoms with Gasteiger partial charge in [-0.2, -0.15) is 5.26 Å². The second kappa shape index (κ2) is 9.66. The van der Waals surface area contributed by atoms with Gasteiger partial charge in [0, 0.05) is 36.6 Å². The molecular formula is C27H27N5O. The van der Waals surface area contributed by atoms with Crippen LogP contribution >= 0.6 is 0 Å². The van der Waals surface area contributed by atoms with Crippen molar-refractivity contribution >= 4 is 17.1 Å². The fourth-order valence-corrected chi connectivity index (χ4v) is 4.48. The van der Waals surface area contributed by atoms with Crippen molar-refractivity contribution < 1.29 is 4.42 Å². The van der Waals surface area contributed by atoms with Crippen LogP contribution in [0.2, 0.25) is 0 Å². The van der Waals surface area contributed by atoms with E-state index in [1.807, 2.05) is 53.6 Å². The molecule has 0 amide bonds. The van der Waals surface area contributed by atoms with Crippen molar-refractivity contribution in [3.8, 4) is 6.07 Å². The lowest BCUT2D eigenvalue weighted by Crippen LogP contribution is -2.39. The van der Waals surface area contributed by atoms with Gasteiger partial charge < -0.3 is 19.5 Å². The van der Waals surface area contributed by atoms with Gasteiger partial charge in [0.05, 0.1) is 18.0 Å². The van der Waals surface area contributed by atoms with E-state index in [9.17, 15) is 5.26 Å². The SMILES string of the molecule is N#CCN1C=CC(c2ccccc2)=NC1Nc1ccc(N2CCC(c3ccco3)CC2)cc1. The van der Waals surface area contributed by atoms with E-state index in [1.165, 1.54) is 5.69 Å². The normalized spacial score (nSPS) is 18.6. The number of anilines is 2. The van der Waals surface area contributed by atoms with E-state index in [2.05, 4.69) is 46.6 Å². The molecule has 33 heavy (non-hydrogen) atoms. The standard InChI is InChI=1S/C27H27N5O/c28-15-19-32-18-14-25(21-5-2-1-3-6-21)30-27(32)29-23-8-10-24(11-9-23)31-16-12-22(13-17-31)26-7-4-20-33-26/h1-11,14,18,20,22,27,29H,12-13,16-17,19H2. The maximum absolute atomic E-state index is 9.23. The molecule has 5 rings (SSSR count). The molecule has 2 aromatic carbocycles. The summed E-state index contributed by atoms with van der Waals surface area (Å²) < 4.78 is 5.60. The first-order chi connectivity index (χ1) is 16.3. The molecule has 166 valence electrons. The Morgan fingerprint density at radius 1 is 1.00 bits per heavy atom. The zero-order valence-electron chi connectivity index (χ0n) is 18.5.